The third kappa shape index (κ3) is 3.55. The first-order valence-electron chi connectivity index (χ1n) is 4.25. The number of para-hydroxylation sites is 2. The molecule has 1 aromatic carbocycles. The molecule has 0 aliphatic heterocycles. The summed E-state index contributed by atoms with van der Waals surface area (Å²) in [4.78, 5) is 0. The fourth-order valence-corrected chi connectivity index (χ4v) is 1.05. The molecule has 0 aliphatic carbocycles. The van der Waals surface area contributed by atoms with Crippen molar-refractivity contribution in [2.45, 2.75) is 13.3 Å². The Morgan fingerprint density at radius 3 is 2.62 bits per heavy atom. The fourth-order valence-electron chi connectivity index (χ4n) is 1.05. The van der Waals surface area contributed by atoms with Crippen LogP contribution < -0.4 is 10.1 Å². The van der Waals surface area contributed by atoms with Crippen molar-refractivity contribution in [3.63, 3.8) is 0 Å². The van der Waals surface area contributed by atoms with E-state index in [0.29, 0.717) is 0 Å². The summed E-state index contributed by atoms with van der Waals surface area (Å²) in [6.07, 6.45) is 1.12. The molecule has 0 unspecified atom stereocenters. The summed E-state index contributed by atoms with van der Waals surface area (Å²) in [5.41, 5.74) is 1.07. The standard InChI is InChI=1S/C10H15NO.ClH/c1-3-8-11-9-6-4-5-7-10(9)12-2;/h4-7,11H,3,8H2,1-2H3;1H. The quantitative estimate of drug-likeness (QED) is 0.809. The van der Waals surface area contributed by atoms with E-state index >= 15 is 0 Å². The van der Waals surface area contributed by atoms with Crippen LogP contribution in [0.1, 0.15) is 13.3 Å². The maximum atomic E-state index is 5.18. The first kappa shape index (κ1) is 12.1. The van der Waals surface area contributed by atoms with Crippen molar-refractivity contribution >= 4 is 18.1 Å². The average Bonchev–Trinajstić information content (AvgIpc) is 2.15. The van der Waals surface area contributed by atoms with Gasteiger partial charge in [0.2, 0.25) is 0 Å². The Labute approximate surface area is 85.7 Å². The van der Waals surface area contributed by atoms with Gasteiger partial charge in [0.25, 0.3) is 0 Å². The minimum atomic E-state index is 0. The Bertz CT molecular complexity index is 240. The van der Waals surface area contributed by atoms with Gasteiger partial charge in [-0.3, -0.25) is 0 Å². The van der Waals surface area contributed by atoms with Crippen molar-refractivity contribution in [3.05, 3.63) is 24.3 Å². The van der Waals surface area contributed by atoms with Crippen LogP contribution in [0.3, 0.4) is 0 Å². The van der Waals surface area contributed by atoms with Crippen LogP contribution in [0, 0.1) is 0 Å². The summed E-state index contributed by atoms with van der Waals surface area (Å²) < 4.78 is 5.18. The molecule has 0 atom stereocenters. The molecule has 0 saturated carbocycles. The van der Waals surface area contributed by atoms with E-state index in [1.54, 1.807) is 7.11 Å². The SMILES string of the molecule is CCCNc1ccccc1OC.Cl. The lowest BCUT2D eigenvalue weighted by molar-refractivity contribution is 0.416. The van der Waals surface area contributed by atoms with Crippen LogP contribution in [0.15, 0.2) is 24.3 Å². The predicted octanol–water partition coefficient (Wildman–Crippen LogP) is 2.94. The Morgan fingerprint density at radius 2 is 2.00 bits per heavy atom. The maximum absolute atomic E-state index is 5.18. The number of hydrogen-bond acceptors (Lipinski definition) is 2. The van der Waals surface area contributed by atoms with E-state index in [4.69, 9.17) is 4.74 Å². The molecule has 0 saturated heterocycles. The van der Waals surface area contributed by atoms with Gasteiger partial charge in [0.1, 0.15) is 5.75 Å². The molecule has 1 rings (SSSR count). The molecule has 1 N–H and O–H groups in total. The molecule has 0 aromatic heterocycles. The van der Waals surface area contributed by atoms with Crippen LogP contribution in [0.2, 0.25) is 0 Å². The van der Waals surface area contributed by atoms with Crippen LogP contribution in [0.25, 0.3) is 0 Å². The van der Waals surface area contributed by atoms with Crippen LogP contribution in [0.4, 0.5) is 5.69 Å². The summed E-state index contributed by atoms with van der Waals surface area (Å²) >= 11 is 0. The number of hydrogen-bond donors (Lipinski definition) is 1. The lowest BCUT2D eigenvalue weighted by Gasteiger charge is -2.09. The molecule has 3 heteroatoms. The van der Waals surface area contributed by atoms with E-state index in [1.807, 2.05) is 24.3 Å². The highest BCUT2D eigenvalue weighted by Crippen LogP contribution is 2.22. The second-order valence-electron chi connectivity index (χ2n) is 2.63. The van der Waals surface area contributed by atoms with Gasteiger partial charge in [-0.25, -0.2) is 0 Å². The number of nitrogens with one attached hydrogen (secondary N) is 1. The van der Waals surface area contributed by atoms with Crippen molar-refractivity contribution in [3.8, 4) is 5.75 Å². The Hall–Kier alpha value is -0.890. The second-order valence-corrected chi connectivity index (χ2v) is 2.63. The third-order valence-corrected chi connectivity index (χ3v) is 1.67. The minimum Gasteiger partial charge on any atom is -0.495 e. The number of halogens is 1. The van der Waals surface area contributed by atoms with Gasteiger partial charge >= 0.3 is 0 Å². The normalized spacial score (nSPS) is 8.77. The minimum absolute atomic E-state index is 0. The molecular formula is C10H16ClNO. The van der Waals surface area contributed by atoms with Gasteiger partial charge in [0.15, 0.2) is 0 Å². The van der Waals surface area contributed by atoms with E-state index < -0.39 is 0 Å². The lowest BCUT2D eigenvalue weighted by Crippen LogP contribution is -2.01. The summed E-state index contributed by atoms with van der Waals surface area (Å²) in [5.74, 6) is 0.908. The third-order valence-electron chi connectivity index (χ3n) is 1.67. The van der Waals surface area contributed by atoms with Gasteiger partial charge in [-0.15, -0.1) is 12.4 Å². The molecule has 0 fully saturated rings. The number of ether oxygens (including phenoxy) is 1. The summed E-state index contributed by atoms with van der Waals surface area (Å²) in [6.45, 7) is 3.13. The smallest absolute Gasteiger partial charge is 0.141 e. The van der Waals surface area contributed by atoms with E-state index in [2.05, 4.69) is 12.2 Å². The van der Waals surface area contributed by atoms with Crippen molar-refractivity contribution in [1.82, 2.24) is 0 Å². The Morgan fingerprint density at radius 1 is 1.31 bits per heavy atom. The molecule has 0 bridgehead atoms. The highest BCUT2D eigenvalue weighted by atomic mass is 35.5. The molecule has 0 radical (unpaired) electrons. The first-order chi connectivity index (χ1) is 5.88. The summed E-state index contributed by atoms with van der Waals surface area (Å²) in [7, 11) is 1.69. The van der Waals surface area contributed by atoms with Gasteiger partial charge < -0.3 is 10.1 Å². The van der Waals surface area contributed by atoms with E-state index in [-0.39, 0.29) is 12.4 Å². The molecule has 0 amide bonds. The molecular weight excluding hydrogens is 186 g/mol. The van der Waals surface area contributed by atoms with Gasteiger partial charge in [-0.05, 0) is 18.6 Å². The topological polar surface area (TPSA) is 21.3 Å². The van der Waals surface area contributed by atoms with Crippen LogP contribution in [-0.2, 0) is 0 Å². The molecule has 2 nitrogen and oxygen atoms in total. The number of benzene rings is 1. The molecule has 74 valence electrons. The van der Waals surface area contributed by atoms with Crippen molar-refractivity contribution < 1.29 is 4.74 Å². The van der Waals surface area contributed by atoms with E-state index in [1.165, 1.54) is 0 Å². The lowest BCUT2D eigenvalue weighted by atomic mass is 10.3. The maximum Gasteiger partial charge on any atom is 0.141 e. The number of methoxy groups -OCH3 is 1. The molecule has 0 heterocycles. The highest BCUT2D eigenvalue weighted by molar-refractivity contribution is 5.85. The van der Waals surface area contributed by atoms with Crippen LogP contribution in [-0.4, -0.2) is 13.7 Å². The van der Waals surface area contributed by atoms with E-state index in [9.17, 15) is 0 Å². The predicted molar refractivity (Wildman–Crippen MR) is 59.0 cm³/mol. The van der Waals surface area contributed by atoms with E-state index in [0.717, 1.165) is 24.4 Å². The summed E-state index contributed by atoms with van der Waals surface area (Å²) in [5, 5.41) is 3.29. The van der Waals surface area contributed by atoms with Crippen molar-refractivity contribution in [1.29, 1.82) is 0 Å². The highest BCUT2D eigenvalue weighted by Gasteiger charge is 1.97. The summed E-state index contributed by atoms with van der Waals surface area (Å²) in [6, 6.07) is 7.95. The fraction of sp³-hybridized carbons (Fsp3) is 0.400. The molecule has 1 aromatic rings. The average molecular weight is 202 g/mol. The molecule has 0 aliphatic rings. The number of rotatable bonds is 4. The monoisotopic (exact) mass is 201 g/mol. The van der Waals surface area contributed by atoms with Crippen LogP contribution in [0.5, 0.6) is 5.75 Å². The first-order valence-corrected chi connectivity index (χ1v) is 4.25. The number of anilines is 1. The zero-order valence-corrected chi connectivity index (χ0v) is 8.86. The largest absolute Gasteiger partial charge is 0.495 e. The Kier molecular flexibility index (Phi) is 6.15. The van der Waals surface area contributed by atoms with Crippen molar-refractivity contribution in [2.24, 2.45) is 0 Å². The zero-order valence-electron chi connectivity index (χ0n) is 8.04. The zero-order chi connectivity index (χ0) is 8.81. The molecule has 0 spiro atoms. The van der Waals surface area contributed by atoms with Gasteiger partial charge in [-0.2, -0.15) is 0 Å². The van der Waals surface area contributed by atoms with Crippen molar-refractivity contribution in [2.75, 3.05) is 19.0 Å². The second kappa shape index (κ2) is 6.61. The van der Waals surface area contributed by atoms with Crippen LogP contribution >= 0.6 is 12.4 Å². The van der Waals surface area contributed by atoms with Gasteiger partial charge in [0.05, 0.1) is 12.8 Å². The Balaban J connectivity index is 0.00000144. The molecule has 13 heavy (non-hydrogen) atoms. The van der Waals surface area contributed by atoms with Gasteiger partial charge in [0, 0.05) is 6.54 Å². The van der Waals surface area contributed by atoms with Gasteiger partial charge in [-0.1, -0.05) is 19.1 Å².